The smallest absolute Gasteiger partial charge is 0.147 e. The highest BCUT2D eigenvalue weighted by Crippen LogP contribution is 2.33. The summed E-state index contributed by atoms with van der Waals surface area (Å²) >= 11 is 0. The van der Waals surface area contributed by atoms with E-state index in [0.717, 1.165) is 0 Å². The summed E-state index contributed by atoms with van der Waals surface area (Å²) in [5.41, 5.74) is 2.67. The van der Waals surface area contributed by atoms with Crippen LogP contribution < -0.4 is 11.3 Å². The van der Waals surface area contributed by atoms with Gasteiger partial charge >= 0.3 is 0 Å². The summed E-state index contributed by atoms with van der Waals surface area (Å²) in [6.07, 6.45) is 4.25. The van der Waals surface area contributed by atoms with Gasteiger partial charge < -0.3 is 0 Å². The minimum absolute atomic E-state index is 0.194. The topological polar surface area (TPSA) is 72.2 Å². The molecule has 3 N–H and O–H groups in total. The van der Waals surface area contributed by atoms with E-state index in [1.54, 1.807) is 0 Å². The number of sulfone groups is 1. The molecule has 5 heteroatoms. The second-order valence-corrected chi connectivity index (χ2v) is 5.79. The summed E-state index contributed by atoms with van der Waals surface area (Å²) in [7, 11) is -2.83. The lowest BCUT2D eigenvalue weighted by atomic mass is 10.1. The summed E-state index contributed by atoms with van der Waals surface area (Å²) in [6, 6.07) is 0.194. The zero-order valence-corrected chi connectivity index (χ0v) is 8.10. The van der Waals surface area contributed by atoms with Gasteiger partial charge in [-0.1, -0.05) is 0 Å². The lowest BCUT2D eigenvalue weighted by molar-refractivity contribution is 0.461. The van der Waals surface area contributed by atoms with Gasteiger partial charge in [-0.25, -0.2) is 8.42 Å². The van der Waals surface area contributed by atoms with Crippen molar-refractivity contribution in [2.24, 2.45) is 11.8 Å². The fourth-order valence-corrected chi connectivity index (χ4v) is 1.98. The molecule has 4 nitrogen and oxygen atoms in total. The lowest BCUT2D eigenvalue weighted by Gasteiger charge is -2.13. The van der Waals surface area contributed by atoms with Crippen LogP contribution in [0.15, 0.2) is 0 Å². The molecule has 1 rings (SSSR count). The van der Waals surface area contributed by atoms with Crippen LogP contribution in [0.4, 0.5) is 0 Å². The van der Waals surface area contributed by atoms with E-state index >= 15 is 0 Å². The first-order valence-corrected chi connectivity index (χ1v) is 6.23. The van der Waals surface area contributed by atoms with Crippen LogP contribution in [0.25, 0.3) is 0 Å². The summed E-state index contributed by atoms with van der Waals surface area (Å²) in [6.45, 7) is 0. The average Bonchev–Trinajstić information content (AvgIpc) is 2.70. The molecule has 0 aliphatic heterocycles. The highest BCUT2D eigenvalue weighted by atomic mass is 32.2. The number of nitrogens with two attached hydrogens (primary N) is 1. The molecule has 1 saturated carbocycles. The molecule has 1 aliphatic rings. The van der Waals surface area contributed by atoms with E-state index in [1.165, 1.54) is 19.1 Å². The van der Waals surface area contributed by atoms with Gasteiger partial charge in [0.05, 0.1) is 5.75 Å². The van der Waals surface area contributed by atoms with Crippen molar-refractivity contribution in [2.75, 3.05) is 12.0 Å². The van der Waals surface area contributed by atoms with Crippen LogP contribution in [0.1, 0.15) is 19.3 Å². The van der Waals surface area contributed by atoms with Gasteiger partial charge in [0.2, 0.25) is 0 Å². The standard InChI is InChI=1S/C7H16N2O2S/c1-12(10,11)5-4-7(9-8)6-2-3-6/h6-7,9H,2-5,8H2,1H3. The second kappa shape index (κ2) is 3.72. The van der Waals surface area contributed by atoms with E-state index in [9.17, 15) is 8.42 Å². The van der Waals surface area contributed by atoms with E-state index in [2.05, 4.69) is 5.43 Å². The van der Waals surface area contributed by atoms with Crippen molar-refractivity contribution in [1.29, 1.82) is 0 Å². The fourth-order valence-electron chi connectivity index (χ4n) is 1.29. The average molecular weight is 192 g/mol. The third-order valence-corrected chi connectivity index (χ3v) is 3.18. The molecule has 0 aromatic heterocycles. The molecule has 1 unspecified atom stereocenters. The van der Waals surface area contributed by atoms with E-state index in [4.69, 9.17) is 5.84 Å². The predicted molar refractivity (Wildman–Crippen MR) is 48.2 cm³/mol. The number of nitrogens with one attached hydrogen (secondary N) is 1. The van der Waals surface area contributed by atoms with Crippen molar-refractivity contribution in [3.63, 3.8) is 0 Å². The minimum atomic E-state index is -2.83. The Bertz CT molecular complexity index is 234. The number of hydrogen-bond acceptors (Lipinski definition) is 4. The predicted octanol–water partition coefficient (Wildman–Crippen LogP) is -0.337. The Morgan fingerprint density at radius 2 is 2.17 bits per heavy atom. The zero-order chi connectivity index (χ0) is 9.19. The number of hydrazine groups is 1. The van der Waals surface area contributed by atoms with Crippen molar-refractivity contribution in [3.8, 4) is 0 Å². The maximum absolute atomic E-state index is 10.8. The molecule has 0 bridgehead atoms. The first-order valence-electron chi connectivity index (χ1n) is 4.17. The Morgan fingerprint density at radius 3 is 2.50 bits per heavy atom. The van der Waals surface area contributed by atoms with Crippen LogP contribution in [-0.4, -0.2) is 26.5 Å². The van der Waals surface area contributed by atoms with Gasteiger partial charge in [0.1, 0.15) is 9.84 Å². The number of hydrogen-bond donors (Lipinski definition) is 2. The Morgan fingerprint density at radius 1 is 1.58 bits per heavy atom. The normalized spacial score (nSPS) is 20.8. The van der Waals surface area contributed by atoms with E-state index in [-0.39, 0.29) is 11.8 Å². The molecule has 1 fully saturated rings. The molecule has 12 heavy (non-hydrogen) atoms. The monoisotopic (exact) mass is 192 g/mol. The quantitative estimate of drug-likeness (QED) is 0.462. The van der Waals surface area contributed by atoms with Gasteiger partial charge in [0.15, 0.2) is 0 Å². The van der Waals surface area contributed by atoms with Crippen LogP contribution in [-0.2, 0) is 9.84 Å². The zero-order valence-electron chi connectivity index (χ0n) is 7.29. The molecule has 72 valence electrons. The molecule has 1 aliphatic carbocycles. The first-order chi connectivity index (χ1) is 5.53. The summed E-state index contributed by atoms with van der Waals surface area (Å²) < 4.78 is 21.7. The fraction of sp³-hybridized carbons (Fsp3) is 1.00. The van der Waals surface area contributed by atoms with Gasteiger partial charge in [-0.05, 0) is 25.2 Å². The number of rotatable bonds is 5. The second-order valence-electron chi connectivity index (χ2n) is 3.53. The lowest BCUT2D eigenvalue weighted by Crippen LogP contribution is -2.38. The SMILES string of the molecule is CS(=O)(=O)CCC(NN)C1CC1. The van der Waals surface area contributed by atoms with Crippen LogP contribution in [0.2, 0.25) is 0 Å². The van der Waals surface area contributed by atoms with Crippen LogP contribution >= 0.6 is 0 Å². The summed E-state index contributed by atoms with van der Waals surface area (Å²) in [5.74, 6) is 6.14. The highest BCUT2D eigenvalue weighted by molar-refractivity contribution is 7.90. The van der Waals surface area contributed by atoms with Crippen LogP contribution in [0.5, 0.6) is 0 Å². The van der Waals surface area contributed by atoms with Crippen LogP contribution in [0.3, 0.4) is 0 Å². The highest BCUT2D eigenvalue weighted by Gasteiger charge is 2.30. The van der Waals surface area contributed by atoms with Crippen molar-refractivity contribution in [3.05, 3.63) is 0 Å². The van der Waals surface area contributed by atoms with Gasteiger partial charge in [-0.3, -0.25) is 11.3 Å². The van der Waals surface area contributed by atoms with Crippen molar-refractivity contribution in [1.82, 2.24) is 5.43 Å². The summed E-state index contributed by atoms with van der Waals surface area (Å²) in [5, 5.41) is 0. The van der Waals surface area contributed by atoms with Crippen molar-refractivity contribution in [2.45, 2.75) is 25.3 Å². The molecule has 0 aromatic rings. The molecular weight excluding hydrogens is 176 g/mol. The van der Waals surface area contributed by atoms with Gasteiger partial charge in [0, 0.05) is 12.3 Å². The Hall–Kier alpha value is -0.130. The molecule has 0 amide bonds. The maximum atomic E-state index is 10.8. The molecular formula is C7H16N2O2S. The Balaban J connectivity index is 2.28. The van der Waals surface area contributed by atoms with Gasteiger partial charge in [0.25, 0.3) is 0 Å². The van der Waals surface area contributed by atoms with E-state index in [0.29, 0.717) is 12.3 Å². The largest absolute Gasteiger partial charge is 0.271 e. The van der Waals surface area contributed by atoms with Gasteiger partial charge in [-0.2, -0.15) is 0 Å². The van der Waals surface area contributed by atoms with E-state index in [1.807, 2.05) is 0 Å². The molecule has 0 aromatic carbocycles. The van der Waals surface area contributed by atoms with Gasteiger partial charge in [-0.15, -0.1) is 0 Å². The Kier molecular flexibility index (Phi) is 3.09. The van der Waals surface area contributed by atoms with E-state index < -0.39 is 9.84 Å². The molecule has 0 radical (unpaired) electrons. The third kappa shape index (κ3) is 3.51. The first kappa shape index (κ1) is 9.95. The molecule has 0 spiro atoms. The van der Waals surface area contributed by atoms with Crippen molar-refractivity contribution < 1.29 is 8.42 Å². The molecule has 1 atom stereocenters. The van der Waals surface area contributed by atoms with Crippen molar-refractivity contribution >= 4 is 9.84 Å². The Labute approximate surface area is 73.4 Å². The summed E-state index contributed by atoms with van der Waals surface area (Å²) in [4.78, 5) is 0. The van der Waals surface area contributed by atoms with Crippen LogP contribution in [0, 0.1) is 5.92 Å². The third-order valence-electron chi connectivity index (χ3n) is 2.20. The maximum Gasteiger partial charge on any atom is 0.147 e. The minimum Gasteiger partial charge on any atom is -0.271 e. The molecule has 0 heterocycles. The molecule has 0 saturated heterocycles.